The minimum atomic E-state index is -3.84. The molecule has 0 aliphatic heterocycles. The number of hydrogen-bond acceptors (Lipinski definition) is 4. The van der Waals surface area contributed by atoms with Gasteiger partial charge < -0.3 is 5.32 Å². The molecule has 0 spiro atoms. The van der Waals surface area contributed by atoms with Gasteiger partial charge in [-0.15, -0.1) is 11.8 Å². The number of amides is 1. The SMILES string of the molecule is CSc1cccc(NC(=O)[C@H](Cc2ccccc2)NS(=O)(=O)c2ccccc2)c1. The van der Waals surface area contributed by atoms with Crippen molar-refractivity contribution >= 4 is 33.4 Å². The van der Waals surface area contributed by atoms with Crippen molar-refractivity contribution < 1.29 is 13.2 Å². The second kappa shape index (κ2) is 9.73. The van der Waals surface area contributed by atoms with E-state index in [-0.39, 0.29) is 11.3 Å². The van der Waals surface area contributed by atoms with E-state index in [1.54, 1.807) is 36.0 Å². The Kier molecular flexibility index (Phi) is 7.09. The summed E-state index contributed by atoms with van der Waals surface area (Å²) in [5.41, 5.74) is 1.49. The lowest BCUT2D eigenvalue weighted by Gasteiger charge is -2.19. The molecular weight excluding hydrogens is 404 g/mol. The molecule has 1 atom stereocenters. The first-order valence-corrected chi connectivity index (χ1v) is 11.7. The lowest BCUT2D eigenvalue weighted by Crippen LogP contribution is -2.45. The molecular formula is C22H22N2O3S2. The first-order chi connectivity index (χ1) is 14.0. The van der Waals surface area contributed by atoms with Crippen molar-refractivity contribution in [3.05, 3.63) is 90.5 Å². The van der Waals surface area contributed by atoms with Crippen LogP contribution in [-0.2, 0) is 21.2 Å². The summed E-state index contributed by atoms with van der Waals surface area (Å²) >= 11 is 1.57. The van der Waals surface area contributed by atoms with Crippen LogP contribution in [0.15, 0.2) is 94.7 Å². The van der Waals surface area contributed by atoms with Crippen molar-refractivity contribution in [3.8, 4) is 0 Å². The number of benzene rings is 3. The predicted octanol–water partition coefficient (Wildman–Crippen LogP) is 3.94. The average Bonchev–Trinajstić information content (AvgIpc) is 2.74. The molecule has 0 saturated heterocycles. The van der Waals surface area contributed by atoms with Crippen molar-refractivity contribution in [2.75, 3.05) is 11.6 Å². The quantitative estimate of drug-likeness (QED) is 0.535. The van der Waals surface area contributed by atoms with E-state index in [0.717, 1.165) is 10.5 Å². The minimum Gasteiger partial charge on any atom is -0.325 e. The van der Waals surface area contributed by atoms with Gasteiger partial charge >= 0.3 is 0 Å². The maximum Gasteiger partial charge on any atom is 0.242 e. The van der Waals surface area contributed by atoms with Gasteiger partial charge in [-0.2, -0.15) is 4.72 Å². The van der Waals surface area contributed by atoms with Crippen LogP contribution in [0.5, 0.6) is 0 Å². The Labute approximate surface area is 175 Å². The van der Waals surface area contributed by atoms with Crippen LogP contribution in [0.3, 0.4) is 0 Å². The third-order valence-electron chi connectivity index (χ3n) is 4.29. The Bertz CT molecular complexity index is 1060. The fourth-order valence-corrected chi connectivity index (χ4v) is 4.50. The lowest BCUT2D eigenvalue weighted by atomic mass is 10.1. The monoisotopic (exact) mass is 426 g/mol. The molecule has 0 bridgehead atoms. The van der Waals surface area contributed by atoms with E-state index in [9.17, 15) is 13.2 Å². The van der Waals surface area contributed by atoms with Gasteiger partial charge in [-0.05, 0) is 48.6 Å². The van der Waals surface area contributed by atoms with Crippen LogP contribution >= 0.6 is 11.8 Å². The van der Waals surface area contributed by atoms with Gasteiger partial charge in [0.15, 0.2) is 0 Å². The largest absolute Gasteiger partial charge is 0.325 e. The maximum absolute atomic E-state index is 13.0. The molecule has 0 radical (unpaired) electrons. The summed E-state index contributed by atoms with van der Waals surface area (Å²) in [4.78, 5) is 14.1. The molecule has 0 aliphatic carbocycles. The molecule has 0 heterocycles. The van der Waals surface area contributed by atoms with E-state index >= 15 is 0 Å². The Morgan fingerprint density at radius 1 is 0.931 bits per heavy atom. The number of carbonyl (C=O) groups is 1. The fraction of sp³-hybridized carbons (Fsp3) is 0.136. The zero-order chi connectivity index (χ0) is 20.7. The first kappa shape index (κ1) is 21.1. The van der Waals surface area contributed by atoms with Crippen LogP contribution in [0, 0.1) is 0 Å². The molecule has 29 heavy (non-hydrogen) atoms. The highest BCUT2D eigenvalue weighted by atomic mass is 32.2. The summed E-state index contributed by atoms with van der Waals surface area (Å²) in [5, 5.41) is 2.83. The number of sulfonamides is 1. The summed E-state index contributed by atoms with van der Waals surface area (Å²) in [6, 6.07) is 23.8. The molecule has 7 heteroatoms. The topological polar surface area (TPSA) is 75.3 Å². The number of anilines is 1. The van der Waals surface area contributed by atoms with E-state index < -0.39 is 22.0 Å². The van der Waals surface area contributed by atoms with Crippen LogP contribution in [0.4, 0.5) is 5.69 Å². The molecule has 0 unspecified atom stereocenters. The summed E-state index contributed by atoms with van der Waals surface area (Å²) in [5.74, 6) is -0.411. The molecule has 2 N–H and O–H groups in total. The molecule has 0 aliphatic rings. The fourth-order valence-electron chi connectivity index (χ4n) is 2.82. The maximum atomic E-state index is 13.0. The van der Waals surface area contributed by atoms with Crippen molar-refractivity contribution in [3.63, 3.8) is 0 Å². The van der Waals surface area contributed by atoms with Gasteiger partial charge in [-0.3, -0.25) is 4.79 Å². The second-order valence-electron chi connectivity index (χ2n) is 6.40. The van der Waals surface area contributed by atoms with Crippen LogP contribution < -0.4 is 10.0 Å². The van der Waals surface area contributed by atoms with Crippen LogP contribution in [0.25, 0.3) is 0 Å². The van der Waals surface area contributed by atoms with E-state index in [4.69, 9.17) is 0 Å². The standard InChI is InChI=1S/C22H22N2O3S2/c1-28-19-12-8-11-18(16-19)23-22(25)21(15-17-9-4-2-5-10-17)24-29(26,27)20-13-6-3-7-14-20/h2-14,16,21,24H,15H2,1H3,(H,23,25)/t21-/m0/s1. The third kappa shape index (κ3) is 5.93. The lowest BCUT2D eigenvalue weighted by molar-refractivity contribution is -0.117. The van der Waals surface area contributed by atoms with Gasteiger partial charge in [0.05, 0.1) is 4.90 Å². The number of hydrogen-bond donors (Lipinski definition) is 2. The predicted molar refractivity (Wildman–Crippen MR) is 118 cm³/mol. The highest BCUT2D eigenvalue weighted by Crippen LogP contribution is 2.19. The molecule has 3 rings (SSSR count). The van der Waals surface area contributed by atoms with Gasteiger partial charge in [0, 0.05) is 10.6 Å². The second-order valence-corrected chi connectivity index (χ2v) is 8.99. The number of carbonyl (C=O) groups excluding carboxylic acids is 1. The van der Waals surface area contributed by atoms with Crippen molar-refractivity contribution in [2.45, 2.75) is 22.3 Å². The summed E-state index contributed by atoms with van der Waals surface area (Å²) in [7, 11) is -3.84. The Hall–Kier alpha value is -2.61. The molecule has 0 fully saturated rings. The van der Waals surface area contributed by atoms with Gasteiger partial charge in [0.2, 0.25) is 15.9 Å². The summed E-state index contributed by atoms with van der Waals surface area (Å²) in [6.45, 7) is 0. The van der Waals surface area contributed by atoms with Crippen LogP contribution in [0.1, 0.15) is 5.56 Å². The van der Waals surface area contributed by atoms with Crippen molar-refractivity contribution in [1.29, 1.82) is 0 Å². The van der Waals surface area contributed by atoms with E-state index in [1.807, 2.05) is 54.8 Å². The number of rotatable bonds is 8. The molecule has 5 nitrogen and oxygen atoms in total. The number of thioether (sulfide) groups is 1. The summed E-state index contributed by atoms with van der Waals surface area (Å²) < 4.78 is 28.2. The normalized spacial score (nSPS) is 12.3. The van der Waals surface area contributed by atoms with E-state index in [2.05, 4.69) is 10.0 Å². The van der Waals surface area contributed by atoms with Crippen molar-refractivity contribution in [1.82, 2.24) is 4.72 Å². The van der Waals surface area contributed by atoms with Gasteiger partial charge in [0.25, 0.3) is 0 Å². The molecule has 1 amide bonds. The Morgan fingerprint density at radius 3 is 2.24 bits per heavy atom. The third-order valence-corrected chi connectivity index (χ3v) is 6.50. The highest BCUT2D eigenvalue weighted by molar-refractivity contribution is 7.98. The van der Waals surface area contributed by atoms with E-state index in [0.29, 0.717) is 5.69 Å². The van der Waals surface area contributed by atoms with Crippen LogP contribution in [-0.4, -0.2) is 26.6 Å². The minimum absolute atomic E-state index is 0.121. The molecule has 150 valence electrons. The van der Waals surface area contributed by atoms with Crippen molar-refractivity contribution in [2.24, 2.45) is 0 Å². The summed E-state index contributed by atoms with van der Waals surface area (Å²) in [6.07, 6.45) is 2.19. The molecule has 3 aromatic rings. The molecule has 0 saturated carbocycles. The highest BCUT2D eigenvalue weighted by Gasteiger charge is 2.26. The number of nitrogens with one attached hydrogen (secondary N) is 2. The van der Waals surface area contributed by atoms with Gasteiger partial charge in [0.1, 0.15) is 6.04 Å². The molecule has 3 aromatic carbocycles. The zero-order valence-corrected chi connectivity index (χ0v) is 17.5. The Morgan fingerprint density at radius 2 is 1.59 bits per heavy atom. The Balaban J connectivity index is 1.85. The molecule has 0 aromatic heterocycles. The first-order valence-electron chi connectivity index (χ1n) is 9.04. The van der Waals surface area contributed by atoms with Gasteiger partial charge in [-0.25, -0.2) is 8.42 Å². The smallest absolute Gasteiger partial charge is 0.242 e. The van der Waals surface area contributed by atoms with E-state index in [1.165, 1.54) is 12.1 Å². The zero-order valence-electron chi connectivity index (χ0n) is 15.9. The average molecular weight is 427 g/mol. The van der Waals surface area contributed by atoms with Gasteiger partial charge in [-0.1, -0.05) is 54.6 Å². The van der Waals surface area contributed by atoms with Crippen LogP contribution in [0.2, 0.25) is 0 Å².